The van der Waals surface area contributed by atoms with Gasteiger partial charge in [0.25, 0.3) is 5.91 Å². The molecule has 0 saturated heterocycles. The summed E-state index contributed by atoms with van der Waals surface area (Å²) in [5.41, 5.74) is 1.13. The largest absolute Gasteiger partial charge is 0.481 e. The molecule has 3 nitrogen and oxygen atoms in total. The van der Waals surface area contributed by atoms with Crippen LogP contribution in [0.2, 0.25) is 0 Å². The Kier molecular flexibility index (Phi) is 3.90. The highest BCUT2D eigenvalue weighted by molar-refractivity contribution is 5.81. The van der Waals surface area contributed by atoms with E-state index in [2.05, 4.69) is 12.2 Å². The van der Waals surface area contributed by atoms with Gasteiger partial charge in [0.15, 0.2) is 6.10 Å². The van der Waals surface area contributed by atoms with Crippen LogP contribution in [0.5, 0.6) is 5.75 Å². The number of hydrogen-bond donors (Lipinski definition) is 1. The van der Waals surface area contributed by atoms with Crippen molar-refractivity contribution in [2.24, 2.45) is 5.92 Å². The highest BCUT2D eigenvalue weighted by Crippen LogP contribution is 2.32. The summed E-state index contributed by atoms with van der Waals surface area (Å²) in [6, 6.07) is 8.02. The molecule has 1 fully saturated rings. The number of benzene rings is 1. The number of carbonyl (C=O) groups is 1. The first-order valence-corrected chi connectivity index (χ1v) is 6.60. The fourth-order valence-electron chi connectivity index (χ4n) is 2.00. The van der Waals surface area contributed by atoms with E-state index in [1.165, 1.54) is 12.8 Å². The van der Waals surface area contributed by atoms with Crippen molar-refractivity contribution in [3.05, 3.63) is 29.8 Å². The van der Waals surface area contributed by atoms with E-state index in [1.807, 2.05) is 31.2 Å². The van der Waals surface area contributed by atoms with Gasteiger partial charge >= 0.3 is 0 Å². The molecule has 1 amide bonds. The maximum atomic E-state index is 11.9. The first kappa shape index (κ1) is 12.9. The number of nitrogens with one attached hydrogen (secondary N) is 1. The monoisotopic (exact) mass is 247 g/mol. The van der Waals surface area contributed by atoms with E-state index in [0.717, 1.165) is 11.3 Å². The van der Waals surface area contributed by atoms with Crippen molar-refractivity contribution >= 4 is 5.91 Å². The molecule has 1 aromatic rings. The molecule has 1 aliphatic carbocycles. The quantitative estimate of drug-likeness (QED) is 0.868. The van der Waals surface area contributed by atoms with E-state index >= 15 is 0 Å². The fraction of sp³-hybridized carbons (Fsp3) is 0.533. The van der Waals surface area contributed by atoms with Gasteiger partial charge in [-0.2, -0.15) is 0 Å². The average molecular weight is 247 g/mol. The highest BCUT2D eigenvalue weighted by Gasteiger charge is 2.30. The van der Waals surface area contributed by atoms with Crippen molar-refractivity contribution in [1.82, 2.24) is 5.32 Å². The van der Waals surface area contributed by atoms with Gasteiger partial charge < -0.3 is 10.1 Å². The van der Waals surface area contributed by atoms with Gasteiger partial charge in [0.1, 0.15) is 5.75 Å². The van der Waals surface area contributed by atoms with Crippen molar-refractivity contribution in [3.8, 4) is 5.75 Å². The zero-order valence-corrected chi connectivity index (χ0v) is 11.3. The van der Waals surface area contributed by atoms with Crippen LogP contribution in [0.1, 0.15) is 32.3 Å². The van der Waals surface area contributed by atoms with Crippen LogP contribution in [-0.4, -0.2) is 18.1 Å². The van der Waals surface area contributed by atoms with Gasteiger partial charge in [-0.3, -0.25) is 4.79 Å². The molecule has 1 saturated carbocycles. The van der Waals surface area contributed by atoms with Crippen molar-refractivity contribution in [2.75, 3.05) is 0 Å². The summed E-state index contributed by atoms with van der Waals surface area (Å²) in [4.78, 5) is 11.9. The number of rotatable bonds is 5. The Morgan fingerprint density at radius 2 is 2.11 bits per heavy atom. The van der Waals surface area contributed by atoms with Gasteiger partial charge in [-0.05, 0) is 57.2 Å². The number of ether oxygens (including phenoxy) is 1. The molecule has 18 heavy (non-hydrogen) atoms. The molecule has 98 valence electrons. The summed E-state index contributed by atoms with van der Waals surface area (Å²) in [7, 11) is 0. The third kappa shape index (κ3) is 3.49. The Bertz CT molecular complexity index is 426. The summed E-state index contributed by atoms with van der Waals surface area (Å²) in [5, 5.41) is 3.01. The minimum Gasteiger partial charge on any atom is -0.481 e. The molecular formula is C15H21NO2. The topological polar surface area (TPSA) is 38.3 Å². The zero-order valence-electron chi connectivity index (χ0n) is 11.3. The van der Waals surface area contributed by atoms with Crippen LogP contribution in [0.4, 0.5) is 0 Å². The molecule has 2 unspecified atom stereocenters. The van der Waals surface area contributed by atoms with Gasteiger partial charge in [-0.25, -0.2) is 0 Å². The van der Waals surface area contributed by atoms with Gasteiger partial charge in [-0.1, -0.05) is 12.1 Å². The van der Waals surface area contributed by atoms with Crippen molar-refractivity contribution < 1.29 is 9.53 Å². The summed E-state index contributed by atoms with van der Waals surface area (Å²) in [6.45, 7) is 5.86. The molecule has 1 N–H and O–H groups in total. The minimum absolute atomic E-state index is 0.0316. The van der Waals surface area contributed by atoms with E-state index in [1.54, 1.807) is 6.92 Å². The van der Waals surface area contributed by atoms with Gasteiger partial charge in [0.2, 0.25) is 0 Å². The molecule has 3 heteroatoms. The molecule has 2 atom stereocenters. The lowest BCUT2D eigenvalue weighted by Gasteiger charge is -2.18. The second kappa shape index (κ2) is 5.42. The number of hydrogen-bond acceptors (Lipinski definition) is 2. The Balaban J connectivity index is 1.86. The fourth-order valence-corrected chi connectivity index (χ4v) is 2.00. The first-order chi connectivity index (χ1) is 8.56. The zero-order chi connectivity index (χ0) is 13.1. The molecular weight excluding hydrogens is 226 g/mol. The maximum absolute atomic E-state index is 11.9. The Morgan fingerprint density at radius 3 is 2.72 bits per heavy atom. The Labute approximate surface area is 109 Å². The molecule has 0 spiro atoms. The molecule has 0 aliphatic heterocycles. The SMILES string of the molecule is Cc1cccc(OC(C)C(=O)NC(C)C2CC2)c1. The van der Waals surface area contributed by atoms with Crippen molar-refractivity contribution in [2.45, 2.75) is 45.8 Å². The number of amides is 1. The van der Waals surface area contributed by atoms with E-state index < -0.39 is 6.10 Å². The highest BCUT2D eigenvalue weighted by atomic mass is 16.5. The lowest BCUT2D eigenvalue weighted by atomic mass is 10.2. The van der Waals surface area contributed by atoms with Crippen LogP contribution in [0.15, 0.2) is 24.3 Å². The third-order valence-corrected chi connectivity index (χ3v) is 3.37. The van der Waals surface area contributed by atoms with Gasteiger partial charge in [-0.15, -0.1) is 0 Å². The molecule has 1 aliphatic rings. The predicted octanol–water partition coefficient (Wildman–Crippen LogP) is 2.68. The van der Waals surface area contributed by atoms with Crippen LogP contribution in [0, 0.1) is 12.8 Å². The van der Waals surface area contributed by atoms with Crippen LogP contribution in [-0.2, 0) is 4.79 Å². The lowest BCUT2D eigenvalue weighted by molar-refractivity contribution is -0.128. The molecule has 1 aromatic carbocycles. The van der Waals surface area contributed by atoms with E-state index in [9.17, 15) is 4.79 Å². The normalized spacial score (nSPS) is 17.9. The van der Waals surface area contributed by atoms with Crippen LogP contribution in [0.25, 0.3) is 0 Å². The molecule has 0 bridgehead atoms. The maximum Gasteiger partial charge on any atom is 0.260 e. The van der Waals surface area contributed by atoms with Gasteiger partial charge in [0, 0.05) is 6.04 Å². The first-order valence-electron chi connectivity index (χ1n) is 6.60. The molecule has 2 rings (SSSR count). The van der Waals surface area contributed by atoms with Gasteiger partial charge in [0.05, 0.1) is 0 Å². The second-order valence-corrected chi connectivity index (χ2v) is 5.21. The van der Waals surface area contributed by atoms with Crippen molar-refractivity contribution in [3.63, 3.8) is 0 Å². The smallest absolute Gasteiger partial charge is 0.260 e. The second-order valence-electron chi connectivity index (χ2n) is 5.21. The van der Waals surface area contributed by atoms with E-state index in [-0.39, 0.29) is 11.9 Å². The summed E-state index contributed by atoms with van der Waals surface area (Å²) >= 11 is 0. The van der Waals surface area contributed by atoms with E-state index in [4.69, 9.17) is 4.74 Å². The summed E-state index contributed by atoms with van der Waals surface area (Å²) in [6.07, 6.45) is 2.01. The minimum atomic E-state index is -0.451. The Hall–Kier alpha value is -1.51. The molecule has 0 radical (unpaired) electrons. The Morgan fingerprint density at radius 1 is 1.39 bits per heavy atom. The van der Waals surface area contributed by atoms with Crippen LogP contribution in [0.3, 0.4) is 0 Å². The summed E-state index contributed by atoms with van der Waals surface area (Å²) < 4.78 is 5.65. The lowest BCUT2D eigenvalue weighted by Crippen LogP contribution is -2.42. The van der Waals surface area contributed by atoms with E-state index in [0.29, 0.717) is 5.92 Å². The molecule has 0 heterocycles. The standard InChI is InChI=1S/C15H21NO2/c1-10-5-4-6-14(9-10)18-12(3)15(17)16-11(2)13-7-8-13/h4-6,9,11-13H,7-8H2,1-3H3,(H,16,17). The number of aryl methyl sites for hydroxylation is 1. The average Bonchev–Trinajstić information content (AvgIpc) is 3.12. The summed E-state index contributed by atoms with van der Waals surface area (Å²) in [5.74, 6) is 1.38. The third-order valence-electron chi connectivity index (χ3n) is 3.37. The predicted molar refractivity (Wildman–Crippen MR) is 71.6 cm³/mol. The van der Waals surface area contributed by atoms with Crippen molar-refractivity contribution in [1.29, 1.82) is 0 Å². The van der Waals surface area contributed by atoms with Crippen LogP contribution < -0.4 is 10.1 Å². The molecule has 0 aromatic heterocycles. The van der Waals surface area contributed by atoms with Crippen LogP contribution >= 0.6 is 0 Å². The number of carbonyl (C=O) groups excluding carboxylic acids is 1.